The highest BCUT2D eigenvalue weighted by Crippen LogP contribution is 1.54. The summed E-state index contributed by atoms with van der Waals surface area (Å²) in [6, 6.07) is 0. The summed E-state index contributed by atoms with van der Waals surface area (Å²) < 4.78 is 0. The minimum atomic E-state index is -1.02. The lowest BCUT2D eigenvalue weighted by atomic mass is 10.7. The molecule has 0 radical (unpaired) electrons. The molecule has 0 aromatic heterocycles. The van der Waals surface area contributed by atoms with Crippen LogP contribution < -0.4 is 0 Å². The second kappa shape index (κ2) is 3.44. The van der Waals surface area contributed by atoms with E-state index in [2.05, 4.69) is 5.54 Å². The van der Waals surface area contributed by atoms with Gasteiger partial charge in [0.2, 0.25) is 0 Å². The molecule has 38 valence electrons. The average molecular weight is 114 g/mol. The molecule has 0 fully saturated rings. The van der Waals surface area contributed by atoms with Crippen LogP contribution in [0.3, 0.4) is 0 Å². The van der Waals surface area contributed by atoms with Crippen molar-refractivity contribution in [1.29, 1.82) is 0 Å². The van der Waals surface area contributed by atoms with Crippen molar-refractivity contribution >= 4 is 15.5 Å². The minimum Gasteiger partial charge on any atom is -0.472 e. The second-order valence-corrected chi connectivity index (χ2v) is 2.02. The molecule has 0 amide bonds. The summed E-state index contributed by atoms with van der Waals surface area (Å²) in [5.41, 5.74) is 2.54. The lowest BCUT2D eigenvalue weighted by molar-refractivity contribution is -0.130. The Labute approximate surface area is 44.4 Å². The van der Waals surface area contributed by atoms with Crippen molar-refractivity contribution in [2.75, 3.05) is 0 Å². The van der Waals surface area contributed by atoms with E-state index in [1.54, 1.807) is 0 Å². The van der Waals surface area contributed by atoms with Crippen molar-refractivity contribution in [3.8, 4) is 11.5 Å². The van der Waals surface area contributed by atoms with E-state index in [1.807, 2.05) is 12.5 Å². The fourth-order valence-corrected chi connectivity index (χ4v) is 0.492. The van der Waals surface area contributed by atoms with Gasteiger partial charge in [-0.05, 0) is 0 Å². The number of hydrogen-bond acceptors (Lipinski definition) is 1. The van der Waals surface area contributed by atoms with Crippen molar-refractivity contribution in [3.63, 3.8) is 0 Å². The monoisotopic (exact) mass is 114 g/mol. The molecular formula is C4H6O2Si. The second-order valence-electron chi connectivity index (χ2n) is 0.960. The van der Waals surface area contributed by atoms with Gasteiger partial charge in [0.25, 0.3) is 0 Å². The molecule has 0 aliphatic rings. The van der Waals surface area contributed by atoms with Gasteiger partial charge in [0.15, 0.2) is 0 Å². The number of aliphatic carboxylic acids is 1. The van der Waals surface area contributed by atoms with Crippen LogP contribution in [0.1, 0.15) is 0 Å². The van der Waals surface area contributed by atoms with E-state index >= 15 is 0 Å². The maximum Gasteiger partial charge on any atom is 0.381 e. The molecule has 2 nitrogen and oxygen atoms in total. The Balaban J connectivity index is 3.45. The highest BCUT2D eigenvalue weighted by atomic mass is 28.2. The Bertz CT molecular complexity index is 119. The molecule has 0 aliphatic heterocycles. The van der Waals surface area contributed by atoms with Gasteiger partial charge < -0.3 is 5.11 Å². The Hall–Kier alpha value is -0.753. The van der Waals surface area contributed by atoms with Gasteiger partial charge in [-0.3, -0.25) is 0 Å². The van der Waals surface area contributed by atoms with E-state index < -0.39 is 5.97 Å². The molecule has 0 bridgehead atoms. The molecule has 0 rings (SSSR count). The largest absolute Gasteiger partial charge is 0.472 e. The van der Waals surface area contributed by atoms with Gasteiger partial charge in [-0.2, -0.15) is 0 Å². The SMILES string of the molecule is C[SiH2]C#CC(=O)O. The van der Waals surface area contributed by atoms with Crippen molar-refractivity contribution in [1.82, 2.24) is 0 Å². The molecule has 0 aromatic rings. The summed E-state index contributed by atoms with van der Waals surface area (Å²) in [5, 5.41) is 7.89. The summed E-state index contributed by atoms with van der Waals surface area (Å²) in [7, 11) is -0.371. The first-order valence-electron chi connectivity index (χ1n) is 1.99. The highest BCUT2D eigenvalue weighted by Gasteiger charge is 1.78. The molecule has 1 N–H and O–H groups in total. The van der Waals surface area contributed by atoms with Gasteiger partial charge in [0, 0.05) is 5.92 Å². The molecule has 0 aromatic carbocycles. The number of carbonyl (C=O) groups is 1. The quantitative estimate of drug-likeness (QED) is 0.332. The Morgan fingerprint density at radius 2 is 2.43 bits per heavy atom. The van der Waals surface area contributed by atoms with E-state index in [9.17, 15) is 4.79 Å². The molecule has 0 unspecified atom stereocenters. The third-order valence-corrected chi connectivity index (χ3v) is 0.902. The van der Waals surface area contributed by atoms with E-state index in [4.69, 9.17) is 5.11 Å². The van der Waals surface area contributed by atoms with E-state index in [1.165, 1.54) is 0 Å². The summed E-state index contributed by atoms with van der Waals surface area (Å²) in [5.74, 6) is 1.00. The smallest absolute Gasteiger partial charge is 0.381 e. The van der Waals surface area contributed by atoms with Gasteiger partial charge >= 0.3 is 5.97 Å². The van der Waals surface area contributed by atoms with Crippen LogP contribution >= 0.6 is 0 Å². The number of carboxylic acid groups (broad SMARTS) is 1. The van der Waals surface area contributed by atoms with Crippen LogP contribution in [0, 0.1) is 11.5 Å². The predicted octanol–water partition coefficient (Wildman–Crippen LogP) is -0.751. The normalized spacial score (nSPS) is 8.14. The molecular weight excluding hydrogens is 108 g/mol. The molecule has 0 heterocycles. The highest BCUT2D eigenvalue weighted by molar-refractivity contribution is 6.44. The maximum absolute atomic E-state index is 9.61. The number of hydrogen-bond donors (Lipinski definition) is 1. The standard InChI is InChI=1S/C4H6O2Si/c1-7-3-2-4(5)6/h7H2,1H3,(H,5,6). The van der Waals surface area contributed by atoms with E-state index in [-0.39, 0.29) is 9.52 Å². The third kappa shape index (κ3) is 5.25. The van der Waals surface area contributed by atoms with Crippen LogP contribution in [-0.4, -0.2) is 20.6 Å². The Morgan fingerprint density at radius 3 is 2.57 bits per heavy atom. The molecule has 0 saturated heterocycles. The third-order valence-electron chi connectivity index (χ3n) is 0.372. The fourth-order valence-electron chi connectivity index (χ4n) is 0.164. The van der Waals surface area contributed by atoms with Gasteiger partial charge in [0.1, 0.15) is 9.52 Å². The lowest BCUT2D eigenvalue weighted by Crippen LogP contribution is -1.87. The molecule has 7 heavy (non-hydrogen) atoms. The molecule has 0 spiro atoms. The lowest BCUT2D eigenvalue weighted by Gasteiger charge is -1.66. The van der Waals surface area contributed by atoms with Gasteiger partial charge in [0.05, 0.1) is 0 Å². The zero-order valence-electron chi connectivity index (χ0n) is 4.06. The molecule has 0 aliphatic carbocycles. The van der Waals surface area contributed by atoms with Crippen molar-refractivity contribution in [2.24, 2.45) is 0 Å². The van der Waals surface area contributed by atoms with Gasteiger partial charge in [-0.25, -0.2) is 4.79 Å². The number of rotatable bonds is 0. The average Bonchev–Trinajstić information content (AvgIpc) is 1.61. The van der Waals surface area contributed by atoms with Crippen molar-refractivity contribution in [3.05, 3.63) is 0 Å². The van der Waals surface area contributed by atoms with Crippen LogP contribution in [-0.2, 0) is 4.79 Å². The van der Waals surface area contributed by atoms with Crippen LogP contribution in [0.2, 0.25) is 6.55 Å². The summed E-state index contributed by atoms with van der Waals surface area (Å²) >= 11 is 0. The van der Waals surface area contributed by atoms with E-state index in [0.29, 0.717) is 0 Å². The van der Waals surface area contributed by atoms with Crippen molar-refractivity contribution < 1.29 is 9.90 Å². The zero-order valence-corrected chi connectivity index (χ0v) is 5.48. The van der Waals surface area contributed by atoms with Gasteiger partial charge in [-0.15, -0.1) is 5.54 Å². The number of carboxylic acids is 1. The molecule has 3 heteroatoms. The first-order valence-corrected chi connectivity index (χ1v) is 4.11. The summed E-state index contributed by atoms with van der Waals surface area (Å²) in [6.07, 6.45) is 0. The Kier molecular flexibility index (Phi) is 3.07. The van der Waals surface area contributed by atoms with Crippen LogP contribution in [0.4, 0.5) is 0 Å². The minimum absolute atomic E-state index is 0.371. The maximum atomic E-state index is 9.61. The van der Waals surface area contributed by atoms with Crippen LogP contribution in [0.15, 0.2) is 0 Å². The molecule has 0 atom stereocenters. The Morgan fingerprint density at radius 1 is 1.86 bits per heavy atom. The van der Waals surface area contributed by atoms with Crippen LogP contribution in [0.5, 0.6) is 0 Å². The zero-order chi connectivity index (χ0) is 5.70. The predicted molar refractivity (Wildman–Crippen MR) is 29.8 cm³/mol. The fraction of sp³-hybridized carbons (Fsp3) is 0.250. The first kappa shape index (κ1) is 6.25. The first-order chi connectivity index (χ1) is 3.27. The topological polar surface area (TPSA) is 37.3 Å². The summed E-state index contributed by atoms with van der Waals surface area (Å²) in [4.78, 5) is 9.61. The van der Waals surface area contributed by atoms with Gasteiger partial charge in [-0.1, -0.05) is 6.55 Å². The van der Waals surface area contributed by atoms with Crippen LogP contribution in [0.25, 0.3) is 0 Å². The van der Waals surface area contributed by atoms with Crippen molar-refractivity contribution in [2.45, 2.75) is 6.55 Å². The molecule has 0 saturated carbocycles. The van der Waals surface area contributed by atoms with E-state index in [0.717, 1.165) is 0 Å². The summed E-state index contributed by atoms with van der Waals surface area (Å²) in [6.45, 7) is 1.94.